The number of benzene rings is 2. The molecule has 1 aromatic heterocycles. The summed E-state index contributed by atoms with van der Waals surface area (Å²) in [6.07, 6.45) is 0. The number of carbonyl (C=O) groups is 1. The predicted molar refractivity (Wildman–Crippen MR) is 93.8 cm³/mol. The van der Waals surface area contributed by atoms with Gasteiger partial charge in [-0.15, -0.1) is 0 Å². The molecule has 0 bridgehead atoms. The van der Waals surface area contributed by atoms with Crippen LogP contribution < -0.4 is 14.2 Å². The van der Waals surface area contributed by atoms with Crippen LogP contribution in [0.25, 0.3) is 22.2 Å². The highest BCUT2D eigenvalue weighted by Crippen LogP contribution is 2.35. The minimum Gasteiger partial charge on any atom is -0.497 e. The van der Waals surface area contributed by atoms with Crippen molar-refractivity contribution >= 4 is 16.9 Å². The van der Waals surface area contributed by atoms with Crippen LogP contribution in [0, 0.1) is 0 Å². The van der Waals surface area contributed by atoms with Crippen LogP contribution in [0.2, 0.25) is 0 Å². The summed E-state index contributed by atoms with van der Waals surface area (Å²) in [4.78, 5) is 16.4. The molecule has 6 heteroatoms. The number of carboxylic acids is 1. The summed E-state index contributed by atoms with van der Waals surface area (Å²) >= 11 is 0. The first-order chi connectivity index (χ1) is 12.1. The van der Waals surface area contributed by atoms with Gasteiger partial charge in [-0.3, -0.25) is 0 Å². The molecular formula is C19H17NO5. The monoisotopic (exact) mass is 339 g/mol. The van der Waals surface area contributed by atoms with Crippen molar-refractivity contribution in [3.63, 3.8) is 0 Å². The molecule has 2 aromatic carbocycles. The predicted octanol–water partition coefficient (Wildman–Crippen LogP) is 3.63. The third-order valence-corrected chi connectivity index (χ3v) is 3.90. The van der Waals surface area contributed by atoms with Crippen molar-refractivity contribution in [2.75, 3.05) is 21.3 Å². The molecule has 0 atom stereocenters. The highest BCUT2D eigenvalue weighted by Gasteiger charge is 2.18. The maximum Gasteiger partial charge on any atom is 0.336 e. The summed E-state index contributed by atoms with van der Waals surface area (Å²) in [6.45, 7) is 0. The molecule has 0 spiro atoms. The highest BCUT2D eigenvalue weighted by molar-refractivity contribution is 6.06. The average molecular weight is 339 g/mol. The van der Waals surface area contributed by atoms with E-state index in [2.05, 4.69) is 4.98 Å². The number of ether oxygens (including phenoxy) is 3. The SMILES string of the molecule is COc1cccc(-c2cc(C(=O)O)c3c(OC)cc(OC)cc3n2)c1. The molecule has 0 saturated carbocycles. The smallest absolute Gasteiger partial charge is 0.336 e. The molecule has 0 saturated heterocycles. The van der Waals surface area contributed by atoms with E-state index in [1.165, 1.54) is 20.3 Å². The van der Waals surface area contributed by atoms with Crippen molar-refractivity contribution < 1.29 is 24.1 Å². The number of carboxylic acid groups (broad SMARTS) is 1. The van der Waals surface area contributed by atoms with E-state index in [0.29, 0.717) is 33.8 Å². The van der Waals surface area contributed by atoms with Gasteiger partial charge in [-0.05, 0) is 18.2 Å². The van der Waals surface area contributed by atoms with Crippen LogP contribution in [-0.2, 0) is 0 Å². The molecule has 0 aliphatic rings. The van der Waals surface area contributed by atoms with Gasteiger partial charge in [-0.2, -0.15) is 0 Å². The molecule has 0 unspecified atom stereocenters. The second kappa shape index (κ2) is 6.68. The van der Waals surface area contributed by atoms with Crippen molar-refractivity contribution in [2.45, 2.75) is 0 Å². The van der Waals surface area contributed by atoms with Crippen LogP contribution in [-0.4, -0.2) is 37.4 Å². The molecule has 6 nitrogen and oxygen atoms in total. The lowest BCUT2D eigenvalue weighted by atomic mass is 10.0. The Morgan fingerprint density at radius 1 is 0.960 bits per heavy atom. The third-order valence-electron chi connectivity index (χ3n) is 3.90. The molecule has 0 aliphatic carbocycles. The maximum atomic E-state index is 11.8. The number of methoxy groups -OCH3 is 3. The molecule has 0 amide bonds. The molecule has 1 heterocycles. The van der Waals surface area contributed by atoms with Crippen LogP contribution in [0.4, 0.5) is 0 Å². The Bertz CT molecular complexity index is 952. The molecule has 0 aliphatic heterocycles. The molecule has 3 rings (SSSR count). The van der Waals surface area contributed by atoms with E-state index < -0.39 is 5.97 Å². The summed E-state index contributed by atoms with van der Waals surface area (Å²) < 4.78 is 15.8. The van der Waals surface area contributed by atoms with E-state index >= 15 is 0 Å². The number of aromatic nitrogens is 1. The Morgan fingerprint density at radius 3 is 2.36 bits per heavy atom. The lowest BCUT2D eigenvalue weighted by molar-refractivity contribution is 0.0698. The number of nitrogens with zero attached hydrogens (tertiary/aromatic N) is 1. The number of aromatic carboxylic acids is 1. The van der Waals surface area contributed by atoms with Gasteiger partial charge in [0, 0.05) is 17.7 Å². The van der Waals surface area contributed by atoms with E-state index in [9.17, 15) is 9.90 Å². The quantitative estimate of drug-likeness (QED) is 0.765. The summed E-state index contributed by atoms with van der Waals surface area (Å²) in [7, 11) is 4.59. The lowest BCUT2D eigenvalue weighted by Crippen LogP contribution is -2.02. The zero-order valence-corrected chi connectivity index (χ0v) is 14.1. The van der Waals surface area contributed by atoms with Crippen LogP contribution in [0.3, 0.4) is 0 Å². The standard InChI is InChI=1S/C19H17NO5/c1-23-12-6-4-5-11(7-12)15-10-14(19(21)22)18-16(20-15)8-13(24-2)9-17(18)25-3/h4-10H,1-3H3,(H,21,22). The molecule has 128 valence electrons. The van der Waals surface area contributed by atoms with Gasteiger partial charge >= 0.3 is 5.97 Å². The molecule has 3 aromatic rings. The second-order valence-electron chi connectivity index (χ2n) is 5.32. The minimum atomic E-state index is -1.06. The summed E-state index contributed by atoms with van der Waals surface area (Å²) in [5, 5.41) is 10.1. The number of pyridine rings is 1. The Labute approximate surface area is 144 Å². The maximum absolute atomic E-state index is 11.8. The average Bonchev–Trinajstić information content (AvgIpc) is 2.65. The van der Waals surface area contributed by atoms with Crippen LogP contribution in [0.15, 0.2) is 42.5 Å². The number of rotatable bonds is 5. The fourth-order valence-electron chi connectivity index (χ4n) is 2.68. The topological polar surface area (TPSA) is 77.9 Å². The van der Waals surface area contributed by atoms with Gasteiger partial charge in [-0.25, -0.2) is 9.78 Å². The van der Waals surface area contributed by atoms with Crippen LogP contribution in [0.5, 0.6) is 17.2 Å². The Kier molecular flexibility index (Phi) is 4.43. The van der Waals surface area contributed by atoms with Crippen LogP contribution >= 0.6 is 0 Å². The van der Waals surface area contributed by atoms with Gasteiger partial charge in [0.1, 0.15) is 17.2 Å². The zero-order valence-electron chi connectivity index (χ0n) is 14.1. The molecule has 25 heavy (non-hydrogen) atoms. The Hall–Kier alpha value is -3.28. The Balaban J connectivity index is 2.33. The number of hydrogen-bond acceptors (Lipinski definition) is 5. The molecular weight excluding hydrogens is 322 g/mol. The Morgan fingerprint density at radius 2 is 1.72 bits per heavy atom. The highest BCUT2D eigenvalue weighted by atomic mass is 16.5. The molecule has 1 N–H and O–H groups in total. The fraction of sp³-hybridized carbons (Fsp3) is 0.158. The first-order valence-corrected chi connectivity index (χ1v) is 7.52. The van der Waals surface area contributed by atoms with Crippen molar-refractivity contribution in [1.29, 1.82) is 0 Å². The minimum absolute atomic E-state index is 0.113. The van der Waals surface area contributed by atoms with E-state index in [1.807, 2.05) is 18.2 Å². The molecule has 0 radical (unpaired) electrons. The normalized spacial score (nSPS) is 10.5. The first kappa shape index (κ1) is 16.6. The van der Waals surface area contributed by atoms with Crippen molar-refractivity contribution in [3.8, 4) is 28.5 Å². The van der Waals surface area contributed by atoms with E-state index in [-0.39, 0.29) is 5.56 Å². The van der Waals surface area contributed by atoms with Gasteiger partial charge in [0.2, 0.25) is 0 Å². The zero-order chi connectivity index (χ0) is 18.0. The van der Waals surface area contributed by atoms with Crippen LogP contribution in [0.1, 0.15) is 10.4 Å². The van der Waals surface area contributed by atoms with Gasteiger partial charge < -0.3 is 19.3 Å². The number of hydrogen-bond donors (Lipinski definition) is 1. The second-order valence-corrected chi connectivity index (χ2v) is 5.32. The molecule has 0 fully saturated rings. The van der Waals surface area contributed by atoms with Gasteiger partial charge in [-0.1, -0.05) is 12.1 Å². The number of fused-ring (bicyclic) bond motifs is 1. The van der Waals surface area contributed by atoms with E-state index in [0.717, 1.165) is 5.56 Å². The first-order valence-electron chi connectivity index (χ1n) is 7.52. The van der Waals surface area contributed by atoms with Gasteiger partial charge in [0.15, 0.2) is 0 Å². The summed E-state index contributed by atoms with van der Waals surface area (Å²) in [5.41, 5.74) is 1.88. The summed E-state index contributed by atoms with van der Waals surface area (Å²) in [5.74, 6) is 0.548. The lowest BCUT2D eigenvalue weighted by Gasteiger charge is -2.13. The van der Waals surface area contributed by atoms with Crippen molar-refractivity contribution in [2.24, 2.45) is 0 Å². The van der Waals surface area contributed by atoms with E-state index in [1.54, 1.807) is 25.3 Å². The summed E-state index contributed by atoms with van der Waals surface area (Å²) in [6, 6.07) is 12.2. The van der Waals surface area contributed by atoms with Crippen molar-refractivity contribution in [1.82, 2.24) is 4.98 Å². The third kappa shape index (κ3) is 3.06. The van der Waals surface area contributed by atoms with E-state index in [4.69, 9.17) is 14.2 Å². The van der Waals surface area contributed by atoms with Gasteiger partial charge in [0.25, 0.3) is 0 Å². The van der Waals surface area contributed by atoms with Gasteiger partial charge in [0.05, 0.1) is 43.5 Å². The fourth-order valence-corrected chi connectivity index (χ4v) is 2.68. The van der Waals surface area contributed by atoms with Crippen molar-refractivity contribution in [3.05, 3.63) is 48.0 Å². The largest absolute Gasteiger partial charge is 0.497 e.